The Hall–Kier alpha value is -1.99. The molecule has 26 heavy (non-hydrogen) atoms. The fraction of sp³-hybridized carbons (Fsp3) is 0.316. The van der Waals surface area contributed by atoms with Crippen LogP contribution in [-0.2, 0) is 24.5 Å². The molecule has 0 saturated heterocycles. The highest BCUT2D eigenvalue weighted by molar-refractivity contribution is 8.09. The molecule has 0 bridgehead atoms. The zero-order valence-electron chi connectivity index (χ0n) is 14.5. The van der Waals surface area contributed by atoms with Crippen molar-refractivity contribution in [2.45, 2.75) is 40.6 Å². The van der Waals surface area contributed by atoms with Gasteiger partial charge in [-0.25, -0.2) is 16.8 Å². The molecule has 140 valence electrons. The molecule has 2 aromatic carbocycles. The third-order valence-corrected chi connectivity index (χ3v) is 9.57. The Morgan fingerprint density at radius 3 is 1.58 bits per heavy atom. The summed E-state index contributed by atoms with van der Waals surface area (Å²) in [5.41, 5.74) is 0. The molecule has 0 fully saturated rings. The van der Waals surface area contributed by atoms with Gasteiger partial charge in [-0.15, -0.1) is 0 Å². The van der Waals surface area contributed by atoms with E-state index >= 15 is 0 Å². The van der Waals surface area contributed by atoms with E-state index in [-0.39, 0.29) is 16.2 Å². The molecule has 0 heterocycles. The number of rotatable bonds is 9. The molecule has 0 radical (unpaired) electrons. The maximum Gasteiger partial charge on any atom is 0.196 e. The summed E-state index contributed by atoms with van der Waals surface area (Å²) in [5, 5.41) is 0. The predicted molar refractivity (Wildman–Crippen MR) is 100 cm³/mol. The fourth-order valence-electron chi connectivity index (χ4n) is 3.02. The van der Waals surface area contributed by atoms with E-state index in [1.807, 2.05) is 6.92 Å². The molecule has 0 amide bonds. The average molecular weight is 395 g/mol. The van der Waals surface area contributed by atoms with E-state index in [9.17, 15) is 21.6 Å². The summed E-state index contributed by atoms with van der Waals surface area (Å²) in [6.45, 7) is 1.83. The molecular formula is C19H22O5S2. The van der Waals surface area contributed by atoms with Crippen LogP contribution in [0.15, 0.2) is 70.5 Å². The van der Waals surface area contributed by atoms with Crippen molar-refractivity contribution in [2.24, 2.45) is 5.92 Å². The summed E-state index contributed by atoms with van der Waals surface area (Å²) < 4.78 is 51.3. The van der Waals surface area contributed by atoms with Crippen LogP contribution in [0.1, 0.15) is 26.2 Å². The molecule has 0 spiro atoms. The lowest BCUT2D eigenvalue weighted by molar-refractivity contribution is -0.108. The van der Waals surface area contributed by atoms with Gasteiger partial charge < -0.3 is 4.79 Å². The lowest BCUT2D eigenvalue weighted by atomic mass is 10.0. The van der Waals surface area contributed by atoms with Crippen molar-refractivity contribution in [1.82, 2.24) is 0 Å². The van der Waals surface area contributed by atoms with Gasteiger partial charge in [0.25, 0.3) is 0 Å². The van der Waals surface area contributed by atoms with E-state index in [4.69, 9.17) is 0 Å². The first-order valence-electron chi connectivity index (χ1n) is 8.37. The second kappa shape index (κ2) is 8.60. The largest absolute Gasteiger partial charge is 0.303 e. The Kier molecular flexibility index (Phi) is 6.72. The topological polar surface area (TPSA) is 85.3 Å². The summed E-state index contributed by atoms with van der Waals surface area (Å²) >= 11 is 0. The molecule has 0 aliphatic rings. The van der Waals surface area contributed by atoms with Gasteiger partial charge >= 0.3 is 0 Å². The van der Waals surface area contributed by atoms with Gasteiger partial charge in [0.05, 0.1) is 9.79 Å². The van der Waals surface area contributed by atoms with Crippen LogP contribution in [0.3, 0.4) is 0 Å². The van der Waals surface area contributed by atoms with Crippen LogP contribution >= 0.6 is 0 Å². The number of carbonyl (C=O) groups excluding carboxylic acids is 1. The number of carbonyl (C=O) groups is 1. The highest BCUT2D eigenvalue weighted by Gasteiger charge is 2.44. The summed E-state index contributed by atoms with van der Waals surface area (Å²) in [5.74, 6) is -0.812. The molecule has 5 nitrogen and oxygen atoms in total. The summed E-state index contributed by atoms with van der Waals surface area (Å²) in [6.07, 6.45) is 1.36. The van der Waals surface area contributed by atoms with Crippen molar-refractivity contribution in [3.8, 4) is 0 Å². The zero-order valence-corrected chi connectivity index (χ0v) is 16.1. The minimum absolute atomic E-state index is 0.0588. The fourth-order valence-corrected chi connectivity index (χ4v) is 8.14. The van der Waals surface area contributed by atoms with E-state index in [0.29, 0.717) is 19.1 Å². The Balaban J connectivity index is 2.69. The molecule has 0 N–H and O–H groups in total. The SMILES string of the molecule is CCC[C@H](CC=O)C(S(=O)(=O)c1ccccc1)S(=O)(=O)c1ccccc1. The van der Waals surface area contributed by atoms with Crippen LogP contribution < -0.4 is 0 Å². The van der Waals surface area contributed by atoms with Crippen molar-refractivity contribution < 1.29 is 21.6 Å². The van der Waals surface area contributed by atoms with E-state index in [0.717, 1.165) is 0 Å². The quantitative estimate of drug-likeness (QED) is 0.609. The predicted octanol–water partition coefficient (Wildman–Crippen LogP) is 3.27. The molecular weight excluding hydrogens is 372 g/mol. The maximum absolute atomic E-state index is 13.2. The number of sulfone groups is 2. The first-order chi connectivity index (χ1) is 12.4. The molecule has 7 heteroatoms. The van der Waals surface area contributed by atoms with Gasteiger partial charge in [0.15, 0.2) is 24.3 Å². The lowest BCUT2D eigenvalue weighted by Gasteiger charge is -2.25. The smallest absolute Gasteiger partial charge is 0.196 e. The Labute approximate surface area is 154 Å². The van der Waals surface area contributed by atoms with Crippen molar-refractivity contribution >= 4 is 26.0 Å². The molecule has 0 saturated carbocycles. The molecule has 0 aromatic heterocycles. The Morgan fingerprint density at radius 2 is 1.23 bits per heavy atom. The monoisotopic (exact) mass is 394 g/mol. The second-order valence-electron chi connectivity index (χ2n) is 6.04. The van der Waals surface area contributed by atoms with Crippen LogP contribution in [0.25, 0.3) is 0 Å². The molecule has 1 atom stereocenters. The maximum atomic E-state index is 13.2. The zero-order chi connectivity index (χ0) is 19.2. The van der Waals surface area contributed by atoms with Gasteiger partial charge in [0.2, 0.25) is 0 Å². The van der Waals surface area contributed by atoms with Gasteiger partial charge in [-0.05, 0) is 36.6 Å². The minimum atomic E-state index is -4.20. The van der Waals surface area contributed by atoms with Gasteiger partial charge in [-0.3, -0.25) is 0 Å². The highest BCUT2D eigenvalue weighted by Crippen LogP contribution is 2.34. The van der Waals surface area contributed by atoms with Crippen LogP contribution in [0.5, 0.6) is 0 Å². The van der Waals surface area contributed by atoms with E-state index < -0.39 is 30.2 Å². The lowest BCUT2D eigenvalue weighted by Crippen LogP contribution is -2.38. The second-order valence-corrected chi connectivity index (χ2v) is 10.5. The van der Waals surface area contributed by atoms with E-state index in [1.54, 1.807) is 36.4 Å². The molecule has 0 unspecified atom stereocenters. The first-order valence-corrected chi connectivity index (χ1v) is 11.5. The van der Waals surface area contributed by atoms with Crippen molar-refractivity contribution in [2.75, 3.05) is 0 Å². The third-order valence-electron chi connectivity index (χ3n) is 4.20. The van der Waals surface area contributed by atoms with E-state index in [1.165, 1.54) is 24.3 Å². The molecule has 0 aliphatic carbocycles. The van der Waals surface area contributed by atoms with Gasteiger partial charge in [0, 0.05) is 6.42 Å². The summed E-state index contributed by atoms with van der Waals surface area (Å²) in [6, 6.07) is 15.0. The first kappa shape index (κ1) is 20.3. The average Bonchev–Trinajstić information content (AvgIpc) is 2.63. The van der Waals surface area contributed by atoms with Gasteiger partial charge in [0.1, 0.15) is 6.29 Å². The standard InChI is InChI=1S/C19H22O5S2/c1-2-9-16(14-15-20)19(25(21,22)17-10-5-3-6-11-17)26(23,24)18-12-7-4-8-13-18/h3-8,10-13,15-16,19H,2,9,14H2,1H3/t16-/m1/s1. The molecule has 2 aromatic rings. The minimum Gasteiger partial charge on any atom is -0.303 e. The summed E-state index contributed by atoms with van der Waals surface area (Å²) in [4.78, 5) is 11.0. The van der Waals surface area contributed by atoms with Crippen LogP contribution in [0.2, 0.25) is 0 Å². The van der Waals surface area contributed by atoms with Crippen molar-refractivity contribution in [3.05, 3.63) is 60.7 Å². The van der Waals surface area contributed by atoms with E-state index in [2.05, 4.69) is 0 Å². The summed E-state index contributed by atoms with van der Waals surface area (Å²) in [7, 11) is -8.39. The van der Waals surface area contributed by atoms with Gasteiger partial charge in [-0.2, -0.15) is 0 Å². The number of hydrogen-bond donors (Lipinski definition) is 0. The Morgan fingerprint density at radius 1 is 0.808 bits per heavy atom. The van der Waals surface area contributed by atoms with Crippen LogP contribution in [0, 0.1) is 5.92 Å². The molecule has 0 aliphatic heterocycles. The van der Waals surface area contributed by atoms with Crippen molar-refractivity contribution in [1.29, 1.82) is 0 Å². The van der Waals surface area contributed by atoms with Crippen molar-refractivity contribution in [3.63, 3.8) is 0 Å². The highest BCUT2D eigenvalue weighted by atomic mass is 32.3. The normalized spacial score (nSPS) is 13.5. The van der Waals surface area contributed by atoms with Crippen LogP contribution in [-0.4, -0.2) is 27.7 Å². The number of benzene rings is 2. The number of hydrogen-bond acceptors (Lipinski definition) is 5. The molecule has 2 rings (SSSR count). The third kappa shape index (κ3) is 4.22. The Bertz CT molecular complexity index is 851. The number of aldehydes is 1. The van der Waals surface area contributed by atoms with Crippen LogP contribution in [0.4, 0.5) is 0 Å². The van der Waals surface area contributed by atoms with Gasteiger partial charge in [-0.1, -0.05) is 49.7 Å².